The first-order valence-corrected chi connectivity index (χ1v) is 6.74. The van der Waals surface area contributed by atoms with Crippen molar-refractivity contribution in [2.45, 2.75) is 13.3 Å². The molecule has 0 saturated heterocycles. The fourth-order valence-electron chi connectivity index (χ4n) is 1.74. The molecule has 1 aromatic heterocycles. The Kier molecular flexibility index (Phi) is 7.93. The van der Waals surface area contributed by atoms with Crippen LogP contribution in [0.15, 0.2) is 18.3 Å². The topological polar surface area (TPSA) is 46.6 Å². The van der Waals surface area contributed by atoms with Gasteiger partial charge in [0, 0.05) is 51.8 Å². The molecule has 5 heteroatoms. The first-order valence-electron chi connectivity index (χ1n) is 6.74. The van der Waals surface area contributed by atoms with Crippen molar-refractivity contribution in [2.24, 2.45) is 0 Å². The van der Waals surface area contributed by atoms with E-state index < -0.39 is 0 Å². The number of nitrogens with zero attached hydrogens (tertiary/aromatic N) is 2. The fourth-order valence-corrected chi connectivity index (χ4v) is 1.74. The third-order valence-corrected chi connectivity index (χ3v) is 2.80. The molecule has 0 bridgehead atoms. The quantitative estimate of drug-likeness (QED) is 0.702. The molecule has 0 unspecified atom stereocenters. The fraction of sp³-hybridized carbons (Fsp3) is 0.643. The van der Waals surface area contributed by atoms with E-state index in [1.807, 2.05) is 12.3 Å². The molecule has 108 valence electrons. The highest BCUT2D eigenvalue weighted by Crippen LogP contribution is 2.17. The highest BCUT2D eigenvalue weighted by atomic mass is 16.5. The average molecular weight is 267 g/mol. The smallest absolute Gasteiger partial charge is 0.127 e. The van der Waals surface area contributed by atoms with Gasteiger partial charge in [-0.05, 0) is 12.5 Å². The van der Waals surface area contributed by atoms with Gasteiger partial charge in [0.15, 0.2) is 0 Å². The van der Waals surface area contributed by atoms with E-state index in [4.69, 9.17) is 9.47 Å². The summed E-state index contributed by atoms with van der Waals surface area (Å²) in [5.74, 6) is 0.916. The lowest BCUT2D eigenvalue weighted by Crippen LogP contribution is -2.30. The Bertz CT molecular complexity index is 339. The number of rotatable bonds is 10. The van der Waals surface area contributed by atoms with Crippen LogP contribution >= 0.6 is 0 Å². The van der Waals surface area contributed by atoms with Crippen LogP contribution < -0.4 is 10.2 Å². The summed E-state index contributed by atoms with van der Waals surface area (Å²) in [5.41, 5.74) is 1.14. The van der Waals surface area contributed by atoms with Crippen molar-refractivity contribution in [1.82, 2.24) is 4.98 Å². The zero-order chi connectivity index (χ0) is 13.9. The van der Waals surface area contributed by atoms with E-state index in [0.717, 1.165) is 37.6 Å². The van der Waals surface area contributed by atoms with E-state index >= 15 is 0 Å². The third kappa shape index (κ3) is 5.89. The molecule has 19 heavy (non-hydrogen) atoms. The predicted octanol–water partition coefficient (Wildman–Crippen LogP) is 2.00. The van der Waals surface area contributed by atoms with Gasteiger partial charge in [-0.3, -0.25) is 0 Å². The monoisotopic (exact) mass is 267 g/mol. The van der Waals surface area contributed by atoms with Crippen molar-refractivity contribution in [3.8, 4) is 0 Å². The van der Waals surface area contributed by atoms with Crippen LogP contribution in [-0.2, 0) is 9.47 Å². The van der Waals surface area contributed by atoms with Crippen molar-refractivity contribution in [1.29, 1.82) is 0 Å². The molecular weight excluding hydrogens is 242 g/mol. The molecule has 0 fully saturated rings. The molecule has 1 heterocycles. The van der Waals surface area contributed by atoms with Gasteiger partial charge < -0.3 is 19.7 Å². The van der Waals surface area contributed by atoms with Gasteiger partial charge in [0.25, 0.3) is 0 Å². The molecule has 0 aliphatic carbocycles. The van der Waals surface area contributed by atoms with Gasteiger partial charge in [-0.15, -0.1) is 0 Å². The van der Waals surface area contributed by atoms with Gasteiger partial charge in [0.1, 0.15) is 5.82 Å². The second-order valence-electron chi connectivity index (χ2n) is 4.30. The number of nitrogens with one attached hydrogen (secondary N) is 1. The van der Waals surface area contributed by atoms with Gasteiger partial charge in [-0.1, -0.05) is 6.92 Å². The maximum absolute atomic E-state index is 5.16. The minimum atomic E-state index is 0.698. The van der Waals surface area contributed by atoms with Crippen molar-refractivity contribution in [2.75, 3.05) is 57.3 Å². The SMILES string of the molecule is CCCNc1cc(N(CCOC)CCOC)ccn1. The lowest BCUT2D eigenvalue weighted by atomic mass is 10.3. The molecule has 0 spiro atoms. The molecule has 0 aliphatic rings. The lowest BCUT2D eigenvalue weighted by molar-refractivity contribution is 0.190. The summed E-state index contributed by atoms with van der Waals surface area (Å²) >= 11 is 0. The Morgan fingerprint density at radius 3 is 2.47 bits per heavy atom. The number of aromatic nitrogens is 1. The summed E-state index contributed by atoms with van der Waals surface area (Å²) in [6.07, 6.45) is 2.92. The van der Waals surface area contributed by atoms with Crippen LogP contribution in [0.4, 0.5) is 11.5 Å². The molecule has 0 amide bonds. The van der Waals surface area contributed by atoms with Gasteiger partial charge in [0.2, 0.25) is 0 Å². The largest absolute Gasteiger partial charge is 0.383 e. The number of pyridine rings is 1. The van der Waals surface area contributed by atoms with E-state index in [-0.39, 0.29) is 0 Å². The maximum atomic E-state index is 5.16. The van der Waals surface area contributed by atoms with Gasteiger partial charge >= 0.3 is 0 Å². The maximum Gasteiger partial charge on any atom is 0.127 e. The molecule has 0 aliphatic heterocycles. The van der Waals surface area contributed by atoms with Crippen LogP contribution in [0.25, 0.3) is 0 Å². The average Bonchev–Trinajstić information content (AvgIpc) is 2.45. The Morgan fingerprint density at radius 2 is 1.89 bits per heavy atom. The van der Waals surface area contributed by atoms with Gasteiger partial charge in [-0.2, -0.15) is 0 Å². The molecule has 0 aromatic carbocycles. The summed E-state index contributed by atoms with van der Waals surface area (Å²) in [6, 6.07) is 4.09. The molecule has 1 N–H and O–H groups in total. The van der Waals surface area contributed by atoms with Crippen LogP contribution in [0.2, 0.25) is 0 Å². The highest BCUT2D eigenvalue weighted by molar-refractivity contribution is 5.53. The Morgan fingerprint density at radius 1 is 1.21 bits per heavy atom. The first-order chi connectivity index (χ1) is 9.31. The Hall–Kier alpha value is -1.33. The van der Waals surface area contributed by atoms with E-state index in [2.05, 4.69) is 28.2 Å². The van der Waals surface area contributed by atoms with Crippen LogP contribution in [-0.4, -0.2) is 52.1 Å². The zero-order valence-electron chi connectivity index (χ0n) is 12.2. The molecule has 0 saturated carbocycles. The number of methoxy groups -OCH3 is 2. The summed E-state index contributed by atoms with van der Waals surface area (Å²) in [4.78, 5) is 6.56. The molecule has 0 atom stereocenters. The normalized spacial score (nSPS) is 10.5. The minimum Gasteiger partial charge on any atom is -0.383 e. The summed E-state index contributed by atoms with van der Waals surface area (Å²) in [6.45, 7) is 6.16. The summed E-state index contributed by atoms with van der Waals surface area (Å²) in [7, 11) is 3.44. The number of ether oxygens (including phenoxy) is 2. The zero-order valence-corrected chi connectivity index (χ0v) is 12.2. The lowest BCUT2D eigenvalue weighted by Gasteiger charge is -2.24. The Labute approximate surface area is 115 Å². The van der Waals surface area contributed by atoms with Crippen molar-refractivity contribution in [3.05, 3.63) is 18.3 Å². The van der Waals surface area contributed by atoms with Crippen LogP contribution in [0.1, 0.15) is 13.3 Å². The van der Waals surface area contributed by atoms with Crippen molar-refractivity contribution in [3.63, 3.8) is 0 Å². The van der Waals surface area contributed by atoms with E-state index in [9.17, 15) is 0 Å². The van der Waals surface area contributed by atoms with E-state index in [1.165, 1.54) is 0 Å². The van der Waals surface area contributed by atoms with Crippen LogP contribution in [0.3, 0.4) is 0 Å². The van der Waals surface area contributed by atoms with E-state index in [0.29, 0.717) is 13.2 Å². The molecule has 1 rings (SSSR count). The summed E-state index contributed by atoms with van der Waals surface area (Å²) in [5, 5.41) is 3.30. The molecule has 0 radical (unpaired) electrons. The van der Waals surface area contributed by atoms with Gasteiger partial charge in [0.05, 0.1) is 13.2 Å². The molecule has 1 aromatic rings. The van der Waals surface area contributed by atoms with Crippen molar-refractivity contribution < 1.29 is 9.47 Å². The van der Waals surface area contributed by atoms with Crippen molar-refractivity contribution >= 4 is 11.5 Å². The molecular formula is C14H25N3O2. The molecule has 5 nitrogen and oxygen atoms in total. The minimum absolute atomic E-state index is 0.698. The second kappa shape index (κ2) is 9.58. The van der Waals surface area contributed by atoms with Crippen LogP contribution in [0, 0.1) is 0 Å². The second-order valence-corrected chi connectivity index (χ2v) is 4.30. The number of anilines is 2. The van der Waals surface area contributed by atoms with Gasteiger partial charge in [-0.25, -0.2) is 4.98 Å². The number of hydrogen-bond acceptors (Lipinski definition) is 5. The third-order valence-electron chi connectivity index (χ3n) is 2.80. The first kappa shape index (κ1) is 15.7. The highest BCUT2D eigenvalue weighted by Gasteiger charge is 2.07. The summed E-state index contributed by atoms with van der Waals surface area (Å²) < 4.78 is 10.3. The number of hydrogen-bond donors (Lipinski definition) is 1. The standard InChI is InChI=1S/C14H25N3O2/c1-4-6-15-14-12-13(5-7-16-14)17(8-10-18-2)9-11-19-3/h5,7,12H,4,6,8-11H2,1-3H3,(H,15,16). The Balaban J connectivity index is 2.69. The predicted molar refractivity (Wildman–Crippen MR) is 79.0 cm³/mol. The van der Waals surface area contributed by atoms with Crippen LogP contribution in [0.5, 0.6) is 0 Å². The van der Waals surface area contributed by atoms with E-state index in [1.54, 1.807) is 14.2 Å².